The highest BCUT2D eigenvalue weighted by molar-refractivity contribution is 6.04. The average Bonchev–Trinajstić information content (AvgIpc) is 3.09. The van der Waals surface area contributed by atoms with Gasteiger partial charge in [0.1, 0.15) is 0 Å². The van der Waals surface area contributed by atoms with Crippen molar-refractivity contribution in [3.8, 4) is 6.07 Å². The monoisotopic (exact) mass is 526 g/mol. The number of amides is 2. The molecule has 0 spiro atoms. The molecular formula is C31H38N6O2. The Morgan fingerprint density at radius 1 is 1.21 bits per heavy atom. The van der Waals surface area contributed by atoms with Crippen molar-refractivity contribution in [3.05, 3.63) is 71.8 Å². The Balaban J connectivity index is 1.67. The van der Waals surface area contributed by atoms with Crippen LogP contribution >= 0.6 is 0 Å². The summed E-state index contributed by atoms with van der Waals surface area (Å²) >= 11 is 0. The second-order valence-electron chi connectivity index (χ2n) is 11.4. The van der Waals surface area contributed by atoms with Crippen LogP contribution in [0.25, 0.3) is 11.0 Å². The van der Waals surface area contributed by atoms with Crippen molar-refractivity contribution in [1.29, 1.82) is 5.26 Å². The largest absolute Gasteiger partial charge is 0.339 e. The molecule has 0 saturated carbocycles. The summed E-state index contributed by atoms with van der Waals surface area (Å²) in [7, 11) is 0. The SMILES string of the molecule is C=CC(=O)N1CCC[C@@H](n2c(NC(=O)c3cccc(C#N)c3)nc3cc(CN[C@@H](C)C(C)(C)C)ccc32)CC1. The van der Waals surface area contributed by atoms with E-state index in [1.54, 1.807) is 24.3 Å². The fraction of sp³-hybridized carbons (Fsp3) is 0.419. The van der Waals surface area contributed by atoms with Gasteiger partial charge in [0, 0.05) is 37.3 Å². The van der Waals surface area contributed by atoms with Crippen molar-refractivity contribution in [1.82, 2.24) is 19.8 Å². The lowest BCUT2D eigenvalue weighted by atomic mass is 9.88. The molecule has 0 unspecified atom stereocenters. The quantitative estimate of drug-likeness (QED) is 0.400. The van der Waals surface area contributed by atoms with Crippen LogP contribution in [0.3, 0.4) is 0 Å². The molecule has 0 aliphatic carbocycles. The van der Waals surface area contributed by atoms with Crippen LogP contribution in [0, 0.1) is 16.7 Å². The maximum Gasteiger partial charge on any atom is 0.258 e. The van der Waals surface area contributed by atoms with Crippen LogP contribution in [0.5, 0.6) is 0 Å². The molecule has 1 aromatic heterocycles. The number of benzene rings is 2. The molecule has 2 amide bonds. The maximum absolute atomic E-state index is 13.2. The maximum atomic E-state index is 13.2. The first-order valence-electron chi connectivity index (χ1n) is 13.6. The smallest absolute Gasteiger partial charge is 0.258 e. The summed E-state index contributed by atoms with van der Waals surface area (Å²) in [6, 6.07) is 15.4. The van der Waals surface area contributed by atoms with Crippen molar-refractivity contribution in [2.75, 3.05) is 18.4 Å². The number of carbonyl (C=O) groups is 2. The zero-order valence-electron chi connectivity index (χ0n) is 23.3. The molecule has 8 heteroatoms. The number of nitrogens with one attached hydrogen (secondary N) is 2. The first-order valence-corrected chi connectivity index (χ1v) is 13.6. The van der Waals surface area contributed by atoms with E-state index in [1.807, 2.05) is 4.90 Å². The fourth-order valence-electron chi connectivity index (χ4n) is 4.88. The minimum absolute atomic E-state index is 0.0568. The minimum atomic E-state index is -0.318. The molecule has 0 radical (unpaired) electrons. The first-order chi connectivity index (χ1) is 18.6. The number of hydrogen-bond acceptors (Lipinski definition) is 5. The summed E-state index contributed by atoms with van der Waals surface area (Å²) in [4.78, 5) is 32.2. The molecule has 204 valence electrons. The number of carbonyl (C=O) groups excluding carboxylic acids is 2. The van der Waals surface area contributed by atoms with Crippen LogP contribution in [0.1, 0.15) is 74.5 Å². The van der Waals surface area contributed by atoms with E-state index in [0.29, 0.717) is 42.8 Å². The van der Waals surface area contributed by atoms with Gasteiger partial charge in [-0.25, -0.2) is 4.98 Å². The summed E-state index contributed by atoms with van der Waals surface area (Å²) in [6.45, 7) is 14.5. The molecule has 2 aromatic carbocycles. The molecule has 1 aliphatic heterocycles. The van der Waals surface area contributed by atoms with Crippen LogP contribution < -0.4 is 10.6 Å². The topological polar surface area (TPSA) is 103 Å². The third-order valence-electron chi connectivity index (χ3n) is 7.69. The van der Waals surface area contributed by atoms with Gasteiger partial charge >= 0.3 is 0 Å². The van der Waals surface area contributed by atoms with E-state index in [1.165, 1.54) is 6.08 Å². The van der Waals surface area contributed by atoms with Crippen molar-refractivity contribution >= 4 is 28.8 Å². The molecule has 2 N–H and O–H groups in total. The molecule has 4 rings (SSSR count). The highest BCUT2D eigenvalue weighted by atomic mass is 16.2. The number of nitriles is 1. The number of hydrogen-bond donors (Lipinski definition) is 2. The van der Waals surface area contributed by atoms with Gasteiger partial charge in [0.15, 0.2) is 0 Å². The lowest BCUT2D eigenvalue weighted by Gasteiger charge is -2.28. The Bertz CT molecular complexity index is 1410. The highest BCUT2D eigenvalue weighted by Crippen LogP contribution is 2.32. The summed E-state index contributed by atoms with van der Waals surface area (Å²) in [6.07, 6.45) is 3.80. The van der Waals surface area contributed by atoms with Crippen molar-refractivity contribution < 1.29 is 9.59 Å². The van der Waals surface area contributed by atoms with Crippen molar-refractivity contribution in [2.45, 2.75) is 65.6 Å². The lowest BCUT2D eigenvalue weighted by molar-refractivity contribution is -0.125. The molecule has 3 aromatic rings. The van der Waals surface area contributed by atoms with E-state index >= 15 is 0 Å². The van der Waals surface area contributed by atoms with Crippen LogP contribution in [-0.4, -0.2) is 45.4 Å². The molecule has 8 nitrogen and oxygen atoms in total. The lowest BCUT2D eigenvalue weighted by Crippen LogP contribution is -2.37. The summed E-state index contributed by atoms with van der Waals surface area (Å²) in [5.41, 5.74) is 3.84. The van der Waals surface area contributed by atoms with Gasteiger partial charge in [-0.15, -0.1) is 0 Å². The number of aromatic nitrogens is 2. The molecule has 2 heterocycles. The van der Waals surface area contributed by atoms with Crippen LogP contribution in [0.4, 0.5) is 5.95 Å². The van der Waals surface area contributed by atoms with E-state index in [4.69, 9.17) is 4.98 Å². The number of likely N-dealkylation sites (tertiary alicyclic amines) is 1. The number of rotatable bonds is 7. The molecule has 1 saturated heterocycles. The summed E-state index contributed by atoms with van der Waals surface area (Å²) < 4.78 is 2.11. The highest BCUT2D eigenvalue weighted by Gasteiger charge is 2.26. The van der Waals surface area contributed by atoms with Gasteiger partial charge in [0.05, 0.1) is 22.7 Å². The van der Waals surface area contributed by atoms with Crippen LogP contribution in [0.2, 0.25) is 0 Å². The molecule has 0 bridgehead atoms. The predicted molar refractivity (Wildman–Crippen MR) is 154 cm³/mol. The van der Waals surface area contributed by atoms with E-state index in [-0.39, 0.29) is 23.3 Å². The molecule has 1 aliphatic rings. The third kappa shape index (κ3) is 6.55. The Morgan fingerprint density at radius 3 is 2.72 bits per heavy atom. The second kappa shape index (κ2) is 11.8. The second-order valence-corrected chi connectivity index (χ2v) is 11.4. The Labute approximate surface area is 230 Å². The zero-order valence-corrected chi connectivity index (χ0v) is 23.3. The van der Waals surface area contributed by atoms with Crippen molar-refractivity contribution in [3.63, 3.8) is 0 Å². The normalized spacial score (nSPS) is 16.8. The van der Waals surface area contributed by atoms with E-state index in [9.17, 15) is 14.9 Å². The molecule has 2 atom stereocenters. The van der Waals surface area contributed by atoms with Gasteiger partial charge in [-0.3, -0.25) is 14.9 Å². The predicted octanol–water partition coefficient (Wildman–Crippen LogP) is 5.42. The van der Waals surface area contributed by atoms with Gasteiger partial charge in [-0.1, -0.05) is 39.5 Å². The molecular weight excluding hydrogens is 488 g/mol. The third-order valence-corrected chi connectivity index (χ3v) is 7.69. The van der Waals surface area contributed by atoms with Gasteiger partial charge in [-0.2, -0.15) is 5.26 Å². The van der Waals surface area contributed by atoms with Crippen LogP contribution in [0.15, 0.2) is 55.1 Å². The minimum Gasteiger partial charge on any atom is -0.339 e. The zero-order chi connectivity index (χ0) is 28.2. The average molecular weight is 527 g/mol. The van der Waals surface area contributed by atoms with E-state index < -0.39 is 0 Å². The Hall–Kier alpha value is -3.96. The Kier molecular flexibility index (Phi) is 8.51. The van der Waals surface area contributed by atoms with Crippen molar-refractivity contribution in [2.24, 2.45) is 5.41 Å². The van der Waals surface area contributed by atoms with Crippen LogP contribution in [-0.2, 0) is 11.3 Å². The fourth-order valence-corrected chi connectivity index (χ4v) is 4.88. The Morgan fingerprint density at radius 2 is 2.00 bits per heavy atom. The standard InChI is InChI=1S/C31H38N6O2/c1-6-28(38)36-15-8-11-25(14-16-36)37-27-13-12-23(20-33-21(2)31(3,4)5)18-26(27)34-30(37)35-29(39)24-10-7-9-22(17-24)19-32/h6-7,9-10,12-13,17-18,21,25,33H,1,8,11,14-16,20H2,2-5H3,(H,34,35,39)/t21-,25+/m0/s1. The molecule has 1 fully saturated rings. The first kappa shape index (κ1) is 28.1. The van der Waals surface area contributed by atoms with Gasteiger partial charge < -0.3 is 14.8 Å². The molecule has 39 heavy (non-hydrogen) atoms. The number of imidazole rings is 1. The van der Waals surface area contributed by atoms with Gasteiger partial charge in [0.25, 0.3) is 5.91 Å². The van der Waals surface area contributed by atoms with E-state index in [0.717, 1.165) is 35.9 Å². The summed E-state index contributed by atoms with van der Waals surface area (Å²) in [5, 5.41) is 15.9. The number of nitrogens with zero attached hydrogens (tertiary/aromatic N) is 4. The van der Waals surface area contributed by atoms with E-state index in [2.05, 4.69) is 73.7 Å². The summed E-state index contributed by atoms with van der Waals surface area (Å²) in [5.74, 6) is 0.0966. The van der Waals surface area contributed by atoms with Gasteiger partial charge in [0.2, 0.25) is 11.9 Å². The number of fused-ring (bicyclic) bond motifs is 1. The van der Waals surface area contributed by atoms with Gasteiger partial charge in [-0.05, 0) is 73.6 Å². The number of anilines is 1.